The fraction of sp³-hybridized carbons (Fsp3) is 0.417. The molecule has 0 unspecified atom stereocenters. The summed E-state index contributed by atoms with van der Waals surface area (Å²) in [6, 6.07) is 6.23. The van der Waals surface area contributed by atoms with Crippen LogP contribution in [0.5, 0.6) is 0 Å². The van der Waals surface area contributed by atoms with E-state index in [2.05, 4.69) is 4.74 Å². The number of hydrogen-bond donors (Lipinski definition) is 1. The number of rotatable bonds is 6. The Morgan fingerprint density at radius 3 is 2.40 bits per heavy atom. The monoisotopic (exact) mass is 294 g/mol. The largest absolute Gasteiger partial charge is 0.399 e. The van der Waals surface area contributed by atoms with Crippen LogP contribution in [-0.2, 0) is 9.53 Å². The van der Waals surface area contributed by atoms with Gasteiger partial charge in [-0.25, -0.2) is 8.78 Å². The first kappa shape index (κ1) is 16.2. The average Bonchev–Trinajstić information content (AvgIpc) is 2.38. The second kappa shape index (κ2) is 6.56. The molecule has 0 fully saturated rings. The van der Waals surface area contributed by atoms with Crippen molar-refractivity contribution >= 4 is 17.3 Å². The van der Waals surface area contributed by atoms with Gasteiger partial charge in [-0.2, -0.15) is 8.78 Å². The second-order valence-electron chi connectivity index (χ2n) is 4.10. The lowest BCUT2D eigenvalue weighted by atomic mass is 10.2. The molecule has 0 aromatic heterocycles. The van der Waals surface area contributed by atoms with Gasteiger partial charge in [-0.05, 0) is 24.3 Å². The molecule has 0 spiro atoms. The van der Waals surface area contributed by atoms with Crippen molar-refractivity contribution in [1.29, 1.82) is 0 Å². The lowest BCUT2D eigenvalue weighted by molar-refractivity contribution is -0.167. The predicted octanol–water partition coefficient (Wildman–Crippen LogP) is 2.15. The fourth-order valence-corrected chi connectivity index (χ4v) is 1.28. The van der Waals surface area contributed by atoms with Gasteiger partial charge in [-0.1, -0.05) is 0 Å². The third-order valence-corrected chi connectivity index (χ3v) is 2.49. The van der Waals surface area contributed by atoms with Crippen molar-refractivity contribution in [2.75, 3.05) is 30.9 Å². The molecule has 0 aliphatic carbocycles. The Bertz CT molecular complexity index is 451. The maximum atomic E-state index is 12.6. The van der Waals surface area contributed by atoms with Gasteiger partial charge in [0.25, 0.3) is 5.91 Å². The van der Waals surface area contributed by atoms with Crippen LogP contribution in [0, 0.1) is 0 Å². The lowest BCUT2D eigenvalue weighted by Crippen LogP contribution is -2.36. The number of carbonyl (C=O) groups is 1. The molecule has 20 heavy (non-hydrogen) atoms. The Balaban J connectivity index is 2.49. The third-order valence-electron chi connectivity index (χ3n) is 2.49. The molecule has 0 saturated carbocycles. The minimum absolute atomic E-state index is 0.480. The van der Waals surface area contributed by atoms with Crippen molar-refractivity contribution in [3.63, 3.8) is 0 Å². The van der Waals surface area contributed by atoms with Crippen LogP contribution in [0.25, 0.3) is 0 Å². The molecule has 0 heterocycles. The first-order valence-corrected chi connectivity index (χ1v) is 5.60. The highest BCUT2D eigenvalue weighted by molar-refractivity contribution is 5.93. The summed E-state index contributed by atoms with van der Waals surface area (Å²) >= 11 is 0. The zero-order valence-corrected chi connectivity index (χ0v) is 10.7. The fourth-order valence-electron chi connectivity index (χ4n) is 1.28. The molecule has 0 saturated heterocycles. The van der Waals surface area contributed by atoms with E-state index in [1.54, 1.807) is 24.3 Å². The summed E-state index contributed by atoms with van der Waals surface area (Å²) < 4.78 is 53.2. The van der Waals surface area contributed by atoms with E-state index >= 15 is 0 Å². The van der Waals surface area contributed by atoms with Crippen molar-refractivity contribution in [2.24, 2.45) is 0 Å². The van der Waals surface area contributed by atoms with Crippen molar-refractivity contribution in [3.8, 4) is 0 Å². The number of hydrogen-bond acceptors (Lipinski definition) is 3. The molecular formula is C12H14F4N2O2. The molecule has 0 bridgehead atoms. The number of nitrogens with zero attached hydrogens (tertiary/aromatic N) is 1. The number of carbonyl (C=O) groups excluding carboxylic acids is 1. The predicted molar refractivity (Wildman–Crippen MR) is 66.0 cm³/mol. The maximum Gasteiger partial charge on any atom is 0.330 e. The van der Waals surface area contributed by atoms with Crippen molar-refractivity contribution in [1.82, 2.24) is 0 Å². The number of benzene rings is 1. The van der Waals surface area contributed by atoms with E-state index in [4.69, 9.17) is 5.73 Å². The number of amides is 1. The molecule has 1 rings (SSSR count). The maximum absolute atomic E-state index is 12.6. The van der Waals surface area contributed by atoms with Gasteiger partial charge in [-0.3, -0.25) is 4.79 Å². The van der Waals surface area contributed by atoms with Crippen LogP contribution in [0.1, 0.15) is 0 Å². The molecular weight excluding hydrogens is 280 g/mol. The van der Waals surface area contributed by atoms with Crippen molar-refractivity contribution < 1.29 is 27.1 Å². The summed E-state index contributed by atoms with van der Waals surface area (Å²) in [6.45, 7) is -2.23. The summed E-state index contributed by atoms with van der Waals surface area (Å²) in [4.78, 5) is 12.8. The number of anilines is 2. The number of nitrogens with two attached hydrogens (primary N) is 1. The van der Waals surface area contributed by atoms with E-state index < -0.39 is 31.5 Å². The molecule has 2 N–H and O–H groups in total. The first-order valence-electron chi connectivity index (χ1n) is 5.60. The molecule has 8 heteroatoms. The lowest BCUT2D eigenvalue weighted by Gasteiger charge is -2.19. The molecule has 1 amide bonds. The second-order valence-corrected chi connectivity index (χ2v) is 4.10. The Morgan fingerprint density at radius 1 is 1.35 bits per heavy atom. The molecule has 0 aliphatic rings. The standard InChI is InChI=1S/C12H14F4N2O2/c1-18(9-4-2-8(17)3-5-9)10(19)6-20-7-12(15,16)11(13)14/h2-5,11H,6-7,17H2,1H3. The minimum atomic E-state index is -4.26. The summed E-state index contributed by atoms with van der Waals surface area (Å²) in [5.74, 6) is -4.90. The van der Waals surface area contributed by atoms with Crippen LogP contribution in [-0.4, -0.2) is 38.5 Å². The zero-order chi connectivity index (χ0) is 15.3. The molecule has 112 valence electrons. The molecule has 4 nitrogen and oxygen atoms in total. The van der Waals surface area contributed by atoms with E-state index in [-0.39, 0.29) is 0 Å². The Morgan fingerprint density at radius 2 is 1.90 bits per heavy atom. The van der Waals surface area contributed by atoms with Gasteiger partial charge < -0.3 is 15.4 Å². The van der Waals surface area contributed by atoms with Gasteiger partial charge in [-0.15, -0.1) is 0 Å². The Hall–Kier alpha value is -1.83. The van der Waals surface area contributed by atoms with Crippen molar-refractivity contribution in [3.05, 3.63) is 24.3 Å². The normalized spacial score (nSPS) is 11.7. The third kappa shape index (κ3) is 4.37. The van der Waals surface area contributed by atoms with Gasteiger partial charge in [0.15, 0.2) is 0 Å². The van der Waals surface area contributed by atoms with E-state index in [0.717, 1.165) is 4.90 Å². The summed E-state index contributed by atoms with van der Waals surface area (Å²) in [7, 11) is 1.41. The van der Waals surface area contributed by atoms with Crippen LogP contribution in [0.15, 0.2) is 24.3 Å². The topological polar surface area (TPSA) is 55.6 Å². The smallest absolute Gasteiger partial charge is 0.330 e. The van der Waals surface area contributed by atoms with E-state index in [1.165, 1.54) is 7.05 Å². The summed E-state index contributed by atoms with van der Waals surface area (Å²) in [5.41, 5.74) is 6.46. The number of halogens is 4. The molecule has 0 radical (unpaired) electrons. The van der Waals surface area contributed by atoms with E-state index in [9.17, 15) is 22.4 Å². The van der Waals surface area contributed by atoms with Crippen LogP contribution in [0.3, 0.4) is 0 Å². The highest BCUT2D eigenvalue weighted by Crippen LogP contribution is 2.23. The number of alkyl halides is 4. The zero-order valence-electron chi connectivity index (χ0n) is 10.7. The van der Waals surface area contributed by atoms with Crippen LogP contribution in [0.4, 0.5) is 28.9 Å². The van der Waals surface area contributed by atoms with Crippen LogP contribution >= 0.6 is 0 Å². The first-order chi connectivity index (χ1) is 9.24. The SMILES string of the molecule is CN(C(=O)COCC(F)(F)C(F)F)c1ccc(N)cc1. The number of likely N-dealkylation sites (N-methyl/N-ethyl adjacent to an activating group) is 1. The van der Waals surface area contributed by atoms with Crippen molar-refractivity contribution in [2.45, 2.75) is 12.3 Å². The Labute approximate surface area is 113 Å². The Kier molecular flexibility index (Phi) is 5.32. The number of ether oxygens (including phenoxy) is 1. The quantitative estimate of drug-likeness (QED) is 0.646. The van der Waals surface area contributed by atoms with Gasteiger partial charge in [0.05, 0.1) is 0 Å². The van der Waals surface area contributed by atoms with Crippen LogP contribution in [0.2, 0.25) is 0 Å². The minimum Gasteiger partial charge on any atom is -0.399 e. The van der Waals surface area contributed by atoms with Gasteiger partial charge in [0.2, 0.25) is 0 Å². The molecule has 1 aromatic rings. The van der Waals surface area contributed by atoms with Crippen LogP contribution < -0.4 is 10.6 Å². The van der Waals surface area contributed by atoms with Gasteiger partial charge in [0, 0.05) is 18.4 Å². The summed E-state index contributed by atoms with van der Waals surface area (Å²) in [5, 5.41) is 0. The van der Waals surface area contributed by atoms with E-state index in [0.29, 0.717) is 11.4 Å². The average molecular weight is 294 g/mol. The summed E-state index contributed by atoms with van der Waals surface area (Å²) in [6.07, 6.45) is -3.83. The van der Waals surface area contributed by atoms with Gasteiger partial charge in [0.1, 0.15) is 13.2 Å². The van der Waals surface area contributed by atoms with Gasteiger partial charge >= 0.3 is 12.3 Å². The molecule has 0 aliphatic heterocycles. The van der Waals surface area contributed by atoms with E-state index in [1.807, 2.05) is 0 Å². The number of nitrogen functional groups attached to an aromatic ring is 1. The highest BCUT2D eigenvalue weighted by atomic mass is 19.3. The molecule has 1 aromatic carbocycles. The highest BCUT2D eigenvalue weighted by Gasteiger charge is 2.41. The molecule has 0 atom stereocenters.